The monoisotopic (exact) mass is 274 g/mol. The molecule has 1 aliphatic rings. The van der Waals surface area contributed by atoms with Gasteiger partial charge in [0.1, 0.15) is 5.69 Å². The standard InChI is InChI=1S/C15H18N2O3/c1-10(12-5-6-12)17(2)15(20)13-7-3-11(9-16-13)4-8-14(18)19/h3-4,7-10,12H,5-6H2,1-2H3,(H,18,19). The molecular formula is C15H18N2O3. The third kappa shape index (κ3) is 3.44. The van der Waals surface area contributed by atoms with Gasteiger partial charge in [0.15, 0.2) is 0 Å². The van der Waals surface area contributed by atoms with Crippen LogP contribution in [-0.4, -0.2) is 40.0 Å². The van der Waals surface area contributed by atoms with Gasteiger partial charge in [-0.25, -0.2) is 4.79 Å². The Bertz CT molecular complexity index is 533. The Labute approximate surface area is 117 Å². The van der Waals surface area contributed by atoms with Crippen molar-refractivity contribution in [2.75, 3.05) is 7.05 Å². The third-order valence-corrected chi connectivity index (χ3v) is 3.66. The second kappa shape index (κ2) is 5.86. The highest BCUT2D eigenvalue weighted by Crippen LogP contribution is 2.34. The first-order valence-electron chi connectivity index (χ1n) is 6.63. The maximum atomic E-state index is 12.2. The van der Waals surface area contributed by atoms with Gasteiger partial charge < -0.3 is 10.0 Å². The highest BCUT2D eigenvalue weighted by molar-refractivity contribution is 5.92. The zero-order valence-electron chi connectivity index (χ0n) is 11.6. The average molecular weight is 274 g/mol. The van der Waals surface area contributed by atoms with Gasteiger partial charge in [0.05, 0.1) is 0 Å². The zero-order valence-corrected chi connectivity index (χ0v) is 11.6. The van der Waals surface area contributed by atoms with E-state index in [1.54, 1.807) is 24.1 Å². The smallest absolute Gasteiger partial charge is 0.328 e. The number of amides is 1. The molecule has 1 amide bonds. The second-order valence-corrected chi connectivity index (χ2v) is 5.14. The molecule has 1 aliphatic carbocycles. The molecule has 0 spiro atoms. The van der Waals surface area contributed by atoms with Crippen molar-refractivity contribution >= 4 is 18.0 Å². The van der Waals surface area contributed by atoms with Gasteiger partial charge in [0.2, 0.25) is 0 Å². The van der Waals surface area contributed by atoms with Crippen LogP contribution in [0, 0.1) is 5.92 Å². The van der Waals surface area contributed by atoms with Crippen molar-refractivity contribution in [1.82, 2.24) is 9.88 Å². The van der Waals surface area contributed by atoms with E-state index in [0.717, 1.165) is 6.08 Å². The molecule has 1 aromatic heterocycles. The number of carbonyl (C=O) groups is 2. The van der Waals surface area contributed by atoms with Crippen molar-refractivity contribution in [1.29, 1.82) is 0 Å². The SMILES string of the molecule is CC(C1CC1)N(C)C(=O)c1ccc(C=CC(=O)O)cn1. The first-order valence-corrected chi connectivity index (χ1v) is 6.63. The van der Waals surface area contributed by atoms with E-state index in [-0.39, 0.29) is 11.9 Å². The van der Waals surface area contributed by atoms with Crippen LogP contribution in [0.15, 0.2) is 24.4 Å². The van der Waals surface area contributed by atoms with E-state index in [2.05, 4.69) is 11.9 Å². The molecule has 5 nitrogen and oxygen atoms in total. The van der Waals surface area contributed by atoms with E-state index in [1.165, 1.54) is 25.1 Å². The summed E-state index contributed by atoms with van der Waals surface area (Å²) in [6, 6.07) is 3.55. The summed E-state index contributed by atoms with van der Waals surface area (Å²) in [5.74, 6) is -0.497. The van der Waals surface area contributed by atoms with Crippen LogP contribution in [0.2, 0.25) is 0 Å². The predicted octanol–water partition coefficient (Wildman–Crippen LogP) is 2.05. The van der Waals surface area contributed by atoms with Gasteiger partial charge in [0.25, 0.3) is 5.91 Å². The van der Waals surface area contributed by atoms with E-state index < -0.39 is 5.97 Å². The molecule has 1 heterocycles. The minimum Gasteiger partial charge on any atom is -0.478 e. The van der Waals surface area contributed by atoms with Gasteiger partial charge in [-0.05, 0) is 43.4 Å². The fourth-order valence-electron chi connectivity index (χ4n) is 2.06. The molecule has 1 atom stereocenters. The van der Waals surface area contributed by atoms with E-state index in [9.17, 15) is 9.59 Å². The Hall–Kier alpha value is -2.17. The van der Waals surface area contributed by atoms with E-state index >= 15 is 0 Å². The van der Waals surface area contributed by atoms with Crippen molar-refractivity contribution in [3.05, 3.63) is 35.7 Å². The largest absolute Gasteiger partial charge is 0.478 e. The van der Waals surface area contributed by atoms with E-state index in [4.69, 9.17) is 5.11 Å². The predicted molar refractivity (Wildman–Crippen MR) is 75.2 cm³/mol. The minimum atomic E-state index is -1.01. The highest BCUT2D eigenvalue weighted by Gasteiger charge is 2.32. The van der Waals surface area contributed by atoms with Crippen LogP contribution < -0.4 is 0 Å². The molecule has 20 heavy (non-hydrogen) atoms. The fourth-order valence-corrected chi connectivity index (χ4v) is 2.06. The summed E-state index contributed by atoms with van der Waals surface area (Å²) in [5, 5.41) is 8.54. The molecule has 5 heteroatoms. The molecule has 1 N–H and O–H groups in total. The molecule has 1 saturated carbocycles. The summed E-state index contributed by atoms with van der Waals surface area (Å²) in [4.78, 5) is 28.5. The number of hydrogen-bond donors (Lipinski definition) is 1. The Balaban J connectivity index is 2.05. The van der Waals surface area contributed by atoms with Crippen LogP contribution in [0.3, 0.4) is 0 Å². The summed E-state index contributed by atoms with van der Waals surface area (Å²) >= 11 is 0. The Kier molecular flexibility index (Phi) is 4.17. The Morgan fingerprint density at radius 3 is 2.65 bits per heavy atom. The van der Waals surface area contributed by atoms with Crippen LogP contribution in [0.25, 0.3) is 6.08 Å². The summed E-state index contributed by atoms with van der Waals surface area (Å²) in [7, 11) is 1.80. The maximum Gasteiger partial charge on any atom is 0.328 e. The molecule has 2 rings (SSSR count). The van der Waals surface area contributed by atoms with Gasteiger partial charge in [0, 0.05) is 25.4 Å². The zero-order chi connectivity index (χ0) is 14.7. The lowest BCUT2D eigenvalue weighted by Crippen LogP contribution is -2.36. The highest BCUT2D eigenvalue weighted by atomic mass is 16.4. The van der Waals surface area contributed by atoms with Crippen molar-refractivity contribution in [3.8, 4) is 0 Å². The number of aliphatic carboxylic acids is 1. The summed E-state index contributed by atoms with van der Waals surface area (Å²) in [6.45, 7) is 2.06. The van der Waals surface area contributed by atoms with Crippen molar-refractivity contribution < 1.29 is 14.7 Å². The number of aromatic nitrogens is 1. The van der Waals surface area contributed by atoms with Crippen LogP contribution in [0.1, 0.15) is 35.8 Å². The van der Waals surface area contributed by atoms with Crippen molar-refractivity contribution in [2.45, 2.75) is 25.8 Å². The summed E-state index contributed by atoms with van der Waals surface area (Å²) in [6.07, 6.45) is 6.36. The van der Waals surface area contributed by atoms with Crippen LogP contribution in [0.5, 0.6) is 0 Å². The fraction of sp³-hybridized carbons (Fsp3) is 0.400. The number of carboxylic acid groups (broad SMARTS) is 1. The van der Waals surface area contributed by atoms with Gasteiger partial charge in [-0.3, -0.25) is 9.78 Å². The van der Waals surface area contributed by atoms with Gasteiger partial charge in [-0.2, -0.15) is 0 Å². The molecular weight excluding hydrogens is 256 g/mol. The number of hydrogen-bond acceptors (Lipinski definition) is 3. The molecule has 0 saturated heterocycles. The lowest BCUT2D eigenvalue weighted by atomic mass is 10.1. The van der Waals surface area contributed by atoms with E-state index in [0.29, 0.717) is 17.2 Å². The van der Waals surface area contributed by atoms with E-state index in [1.807, 2.05) is 0 Å². The van der Waals surface area contributed by atoms with Crippen molar-refractivity contribution in [2.24, 2.45) is 5.92 Å². The van der Waals surface area contributed by atoms with Crippen LogP contribution in [0.4, 0.5) is 0 Å². The number of carbonyl (C=O) groups excluding carboxylic acids is 1. The molecule has 0 aliphatic heterocycles. The van der Waals surface area contributed by atoms with Crippen molar-refractivity contribution in [3.63, 3.8) is 0 Å². The molecule has 0 radical (unpaired) electrons. The van der Waals surface area contributed by atoms with Crippen LogP contribution in [-0.2, 0) is 4.79 Å². The number of nitrogens with zero attached hydrogens (tertiary/aromatic N) is 2. The van der Waals surface area contributed by atoms with Crippen LogP contribution >= 0.6 is 0 Å². The molecule has 106 valence electrons. The Morgan fingerprint density at radius 2 is 2.15 bits per heavy atom. The van der Waals surface area contributed by atoms with Gasteiger partial charge in [-0.15, -0.1) is 0 Å². The number of carboxylic acids is 1. The average Bonchev–Trinajstić information content (AvgIpc) is 3.28. The quantitative estimate of drug-likeness (QED) is 0.834. The molecule has 1 unspecified atom stereocenters. The minimum absolute atomic E-state index is 0.0989. The first kappa shape index (κ1) is 14.2. The summed E-state index contributed by atoms with van der Waals surface area (Å²) in [5.41, 5.74) is 1.04. The molecule has 0 aromatic carbocycles. The Morgan fingerprint density at radius 1 is 1.45 bits per heavy atom. The topological polar surface area (TPSA) is 70.5 Å². The first-order chi connectivity index (χ1) is 9.49. The maximum absolute atomic E-state index is 12.2. The lowest BCUT2D eigenvalue weighted by molar-refractivity contribution is -0.131. The lowest BCUT2D eigenvalue weighted by Gasteiger charge is -2.24. The summed E-state index contributed by atoms with van der Waals surface area (Å²) < 4.78 is 0. The molecule has 1 fully saturated rings. The van der Waals surface area contributed by atoms with Gasteiger partial charge in [-0.1, -0.05) is 6.07 Å². The molecule has 0 bridgehead atoms. The molecule has 1 aromatic rings. The van der Waals surface area contributed by atoms with Gasteiger partial charge >= 0.3 is 5.97 Å². The second-order valence-electron chi connectivity index (χ2n) is 5.14. The third-order valence-electron chi connectivity index (χ3n) is 3.66. The normalized spacial score (nSPS) is 16.1. The number of rotatable bonds is 5. The number of pyridine rings is 1.